The van der Waals surface area contributed by atoms with Gasteiger partial charge in [0.05, 0.1) is 5.02 Å². The summed E-state index contributed by atoms with van der Waals surface area (Å²) in [7, 11) is 0. The van der Waals surface area contributed by atoms with Crippen LogP contribution in [0, 0.1) is 5.82 Å². The van der Waals surface area contributed by atoms with Gasteiger partial charge in [0.25, 0.3) is 0 Å². The summed E-state index contributed by atoms with van der Waals surface area (Å²) in [5, 5.41) is 13.5. The third-order valence-corrected chi connectivity index (χ3v) is 4.79. The first-order chi connectivity index (χ1) is 12.0. The smallest absolute Gasteiger partial charge is 0.225 e. The van der Waals surface area contributed by atoms with Gasteiger partial charge < -0.3 is 10.4 Å². The predicted molar refractivity (Wildman–Crippen MR) is 96.1 cm³/mol. The van der Waals surface area contributed by atoms with Crippen LogP contribution in [0.15, 0.2) is 48.5 Å². The second-order valence-corrected chi connectivity index (χ2v) is 6.76. The quantitative estimate of drug-likeness (QED) is 0.857. The summed E-state index contributed by atoms with van der Waals surface area (Å²) >= 11 is 5.71. The lowest BCUT2D eigenvalue weighted by Gasteiger charge is -2.24. The van der Waals surface area contributed by atoms with Gasteiger partial charge in [0.2, 0.25) is 5.91 Å². The van der Waals surface area contributed by atoms with E-state index in [2.05, 4.69) is 10.2 Å². The molecular formula is C19H20ClFN2O2. The largest absolute Gasteiger partial charge is 0.384 e. The summed E-state index contributed by atoms with van der Waals surface area (Å²) < 4.78 is 13.1. The molecule has 0 spiro atoms. The lowest BCUT2D eigenvalue weighted by Crippen LogP contribution is -2.32. The number of rotatable bonds is 5. The van der Waals surface area contributed by atoms with Crippen molar-refractivity contribution in [2.75, 3.05) is 25.0 Å². The SMILES string of the molecule is O=C(CCN1CCC(O)(c2ccccc2)C1)Nc1ccc(F)c(Cl)c1. The van der Waals surface area contributed by atoms with Crippen LogP contribution in [0.2, 0.25) is 5.02 Å². The average molecular weight is 363 g/mol. The third kappa shape index (κ3) is 4.37. The van der Waals surface area contributed by atoms with Gasteiger partial charge >= 0.3 is 0 Å². The van der Waals surface area contributed by atoms with Crippen molar-refractivity contribution in [1.82, 2.24) is 4.90 Å². The molecule has 1 heterocycles. The molecule has 2 N–H and O–H groups in total. The maximum atomic E-state index is 13.1. The first-order valence-electron chi connectivity index (χ1n) is 8.21. The molecule has 1 amide bonds. The van der Waals surface area contributed by atoms with E-state index in [-0.39, 0.29) is 10.9 Å². The molecule has 0 aliphatic carbocycles. The molecule has 1 atom stereocenters. The van der Waals surface area contributed by atoms with Gasteiger partial charge in [0, 0.05) is 31.7 Å². The minimum Gasteiger partial charge on any atom is -0.384 e. The molecule has 2 aromatic carbocycles. The summed E-state index contributed by atoms with van der Waals surface area (Å²) in [6.45, 7) is 1.80. The molecule has 0 aromatic heterocycles. The molecule has 0 saturated carbocycles. The topological polar surface area (TPSA) is 52.6 Å². The van der Waals surface area contributed by atoms with Crippen LogP contribution in [-0.4, -0.2) is 35.5 Å². The molecule has 1 saturated heterocycles. The minimum atomic E-state index is -0.859. The summed E-state index contributed by atoms with van der Waals surface area (Å²) in [5.74, 6) is -0.685. The van der Waals surface area contributed by atoms with Crippen LogP contribution in [0.3, 0.4) is 0 Å². The molecule has 2 aromatic rings. The van der Waals surface area contributed by atoms with Crippen molar-refractivity contribution < 1.29 is 14.3 Å². The molecule has 0 bridgehead atoms. The molecule has 132 valence electrons. The van der Waals surface area contributed by atoms with E-state index >= 15 is 0 Å². The first-order valence-corrected chi connectivity index (χ1v) is 8.59. The zero-order chi connectivity index (χ0) is 17.9. The monoisotopic (exact) mass is 362 g/mol. The van der Waals surface area contributed by atoms with Crippen molar-refractivity contribution in [3.05, 3.63) is 64.9 Å². The highest BCUT2D eigenvalue weighted by Gasteiger charge is 2.37. The van der Waals surface area contributed by atoms with Crippen LogP contribution in [0.25, 0.3) is 0 Å². The normalized spacial score (nSPS) is 20.6. The molecular weight excluding hydrogens is 343 g/mol. The Morgan fingerprint density at radius 2 is 2.04 bits per heavy atom. The van der Waals surface area contributed by atoms with Gasteiger partial charge in [-0.1, -0.05) is 41.9 Å². The first kappa shape index (κ1) is 17.9. The van der Waals surface area contributed by atoms with Gasteiger partial charge in [-0.3, -0.25) is 9.69 Å². The highest BCUT2D eigenvalue weighted by molar-refractivity contribution is 6.31. The van der Waals surface area contributed by atoms with Crippen molar-refractivity contribution in [3.8, 4) is 0 Å². The van der Waals surface area contributed by atoms with Gasteiger partial charge in [-0.25, -0.2) is 4.39 Å². The lowest BCUT2D eigenvalue weighted by molar-refractivity contribution is -0.116. The van der Waals surface area contributed by atoms with Crippen molar-refractivity contribution in [2.24, 2.45) is 0 Å². The number of likely N-dealkylation sites (tertiary alicyclic amines) is 1. The Hall–Kier alpha value is -1.95. The zero-order valence-electron chi connectivity index (χ0n) is 13.7. The summed E-state index contributed by atoms with van der Waals surface area (Å²) in [5.41, 5.74) is 0.517. The summed E-state index contributed by atoms with van der Waals surface area (Å²) in [6.07, 6.45) is 0.937. The van der Waals surface area contributed by atoms with Crippen LogP contribution < -0.4 is 5.32 Å². The van der Waals surface area contributed by atoms with Gasteiger partial charge in [0.1, 0.15) is 11.4 Å². The minimum absolute atomic E-state index is 0.0229. The number of β-amino-alcohol motifs (C(OH)–C–C–N with tert-alkyl or cyclic N) is 1. The lowest BCUT2D eigenvalue weighted by atomic mass is 9.93. The number of carbonyl (C=O) groups excluding carboxylic acids is 1. The number of benzene rings is 2. The van der Waals surface area contributed by atoms with Gasteiger partial charge in [-0.15, -0.1) is 0 Å². The fraction of sp³-hybridized carbons (Fsp3) is 0.316. The Balaban J connectivity index is 1.51. The molecule has 6 heteroatoms. The number of aliphatic hydroxyl groups is 1. The second-order valence-electron chi connectivity index (χ2n) is 6.35. The van der Waals surface area contributed by atoms with E-state index in [0.717, 1.165) is 12.1 Å². The number of hydrogen-bond acceptors (Lipinski definition) is 3. The number of hydrogen-bond donors (Lipinski definition) is 2. The standard InChI is InChI=1S/C19H20ClFN2O2/c20-16-12-15(6-7-17(16)21)22-18(24)8-10-23-11-9-19(25,13-23)14-4-2-1-3-5-14/h1-7,12,25H,8-11,13H2,(H,22,24). The second kappa shape index (κ2) is 7.52. The number of carbonyl (C=O) groups is 1. The van der Waals surface area contributed by atoms with E-state index in [4.69, 9.17) is 11.6 Å². The van der Waals surface area contributed by atoms with E-state index in [1.165, 1.54) is 18.2 Å². The zero-order valence-corrected chi connectivity index (χ0v) is 14.5. The molecule has 25 heavy (non-hydrogen) atoms. The van der Waals surface area contributed by atoms with Gasteiger partial charge in [-0.05, 0) is 30.2 Å². The highest BCUT2D eigenvalue weighted by Crippen LogP contribution is 2.31. The number of halogens is 2. The maximum Gasteiger partial charge on any atom is 0.225 e. The molecule has 1 fully saturated rings. The maximum absolute atomic E-state index is 13.1. The van der Waals surface area contributed by atoms with E-state index < -0.39 is 11.4 Å². The number of nitrogens with zero attached hydrogens (tertiary/aromatic N) is 1. The Morgan fingerprint density at radius 1 is 1.28 bits per heavy atom. The van der Waals surface area contributed by atoms with Crippen LogP contribution in [0.5, 0.6) is 0 Å². The Bertz CT molecular complexity index is 756. The third-order valence-electron chi connectivity index (χ3n) is 4.50. The Morgan fingerprint density at radius 3 is 2.76 bits per heavy atom. The van der Waals surface area contributed by atoms with E-state index in [9.17, 15) is 14.3 Å². The predicted octanol–water partition coefficient (Wildman–Crippen LogP) is 3.40. The van der Waals surface area contributed by atoms with Crippen molar-refractivity contribution >= 4 is 23.2 Å². The summed E-state index contributed by atoms with van der Waals surface area (Å²) in [4.78, 5) is 14.1. The Labute approximate surface area is 151 Å². The fourth-order valence-corrected chi connectivity index (χ4v) is 3.28. The molecule has 4 nitrogen and oxygen atoms in total. The van der Waals surface area contributed by atoms with E-state index in [1.807, 2.05) is 30.3 Å². The molecule has 3 rings (SSSR count). The number of nitrogens with one attached hydrogen (secondary N) is 1. The molecule has 0 radical (unpaired) electrons. The number of amides is 1. The fourth-order valence-electron chi connectivity index (χ4n) is 3.10. The summed E-state index contributed by atoms with van der Waals surface area (Å²) in [6, 6.07) is 13.7. The Kier molecular flexibility index (Phi) is 5.37. The van der Waals surface area contributed by atoms with Crippen molar-refractivity contribution in [1.29, 1.82) is 0 Å². The van der Waals surface area contributed by atoms with Gasteiger partial charge in [-0.2, -0.15) is 0 Å². The van der Waals surface area contributed by atoms with E-state index in [1.54, 1.807) is 0 Å². The van der Waals surface area contributed by atoms with Crippen LogP contribution in [-0.2, 0) is 10.4 Å². The molecule has 1 aliphatic rings. The molecule has 1 unspecified atom stereocenters. The van der Waals surface area contributed by atoms with Gasteiger partial charge in [0.15, 0.2) is 0 Å². The highest BCUT2D eigenvalue weighted by atomic mass is 35.5. The van der Waals surface area contributed by atoms with Crippen LogP contribution in [0.1, 0.15) is 18.4 Å². The molecule has 1 aliphatic heterocycles. The van der Waals surface area contributed by atoms with Crippen molar-refractivity contribution in [3.63, 3.8) is 0 Å². The van der Waals surface area contributed by atoms with Crippen LogP contribution in [0.4, 0.5) is 10.1 Å². The average Bonchev–Trinajstić information content (AvgIpc) is 3.00. The van der Waals surface area contributed by atoms with Crippen molar-refractivity contribution in [2.45, 2.75) is 18.4 Å². The van der Waals surface area contributed by atoms with Crippen LogP contribution >= 0.6 is 11.6 Å². The van der Waals surface area contributed by atoms with E-state index in [0.29, 0.717) is 31.6 Å². The number of anilines is 1.